The first-order valence-corrected chi connectivity index (χ1v) is 20.5. The topological polar surface area (TPSA) is 67.9 Å². The van der Waals surface area contributed by atoms with Crippen molar-refractivity contribution in [3.63, 3.8) is 0 Å². The Labute approximate surface area is 251 Å². The van der Waals surface area contributed by atoms with Crippen molar-refractivity contribution in [1.82, 2.24) is 0 Å². The summed E-state index contributed by atoms with van der Waals surface area (Å²) in [6.07, 6.45) is 7.02. The summed E-state index contributed by atoms with van der Waals surface area (Å²) in [6, 6.07) is 23.3. The molecule has 2 fully saturated rings. The average Bonchev–Trinajstić information content (AvgIpc) is 3.79. The zero-order valence-corrected chi connectivity index (χ0v) is 28.8. The number of epoxide rings is 1. The highest BCUT2D eigenvalue weighted by Gasteiger charge is 2.45. The van der Waals surface area contributed by atoms with Gasteiger partial charge in [-0.1, -0.05) is 60.7 Å². The van der Waals surface area contributed by atoms with E-state index in [1.165, 1.54) is 29.9 Å². The molecule has 2 aromatic rings. The lowest BCUT2D eigenvalue weighted by Crippen LogP contribution is -2.46. The normalized spacial score (nSPS) is 20.3. The lowest BCUT2D eigenvalue weighted by Gasteiger charge is -2.30. The quantitative estimate of drug-likeness (QED) is 0.122. The van der Waals surface area contributed by atoms with E-state index in [4.69, 9.17) is 31.3 Å². The largest absolute Gasteiger partial charge is 0.501 e. The van der Waals surface area contributed by atoms with E-state index in [1.807, 2.05) is 20.8 Å². The first-order chi connectivity index (χ1) is 20.0. The van der Waals surface area contributed by atoms with Gasteiger partial charge in [-0.05, 0) is 77.1 Å². The van der Waals surface area contributed by atoms with Gasteiger partial charge in [-0.15, -0.1) is 0 Å². The van der Waals surface area contributed by atoms with Crippen molar-refractivity contribution in [2.45, 2.75) is 70.8 Å². The van der Waals surface area contributed by atoms with Crippen molar-refractivity contribution in [1.29, 1.82) is 0 Å². The molecule has 0 bridgehead atoms. The van der Waals surface area contributed by atoms with Gasteiger partial charge in [0.2, 0.25) is 0 Å². The molecule has 3 atom stereocenters. The minimum atomic E-state index is -2.61. The SMILES string of the molecule is CCO[Si](CCP(c1ccccc1)c1ccccc1)(OCC)OCC.CO[Si](CCC1CCC2OC2C1)(OC)OC. The van der Waals surface area contributed by atoms with Gasteiger partial charge in [0.1, 0.15) is 0 Å². The number of fused-ring (bicyclic) bond motifs is 1. The maximum Gasteiger partial charge on any atom is 0.501 e. The minimum absolute atomic E-state index is 0.453. The lowest BCUT2D eigenvalue weighted by molar-refractivity contribution is 0.0728. The monoisotopic (exact) mass is 622 g/mol. The fraction of sp³-hybridized carbons (Fsp3) is 0.613. The second kappa shape index (κ2) is 18.0. The first kappa shape index (κ1) is 34.5. The third-order valence-electron chi connectivity index (χ3n) is 7.77. The molecule has 0 aromatic heterocycles. The van der Waals surface area contributed by atoms with Crippen LogP contribution < -0.4 is 10.6 Å². The molecule has 7 nitrogen and oxygen atoms in total. The zero-order valence-electron chi connectivity index (χ0n) is 25.9. The molecule has 2 aliphatic rings. The van der Waals surface area contributed by atoms with Crippen LogP contribution in [0.1, 0.15) is 46.5 Å². The maximum absolute atomic E-state index is 6.04. The Bertz CT molecular complexity index is 903. The van der Waals surface area contributed by atoms with E-state index >= 15 is 0 Å². The Morgan fingerprint density at radius 2 is 1.20 bits per heavy atom. The second-order valence-electron chi connectivity index (χ2n) is 10.3. The molecule has 41 heavy (non-hydrogen) atoms. The van der Waals surface area contributed by atoms with Gasteiger partial charge in [0.05, 0.1) is 12.2 Å². The van der Waals surface area contributed by atoms with Crippen LogP contribution in [0.2, 0.25) is 12.1 Å². The van der Waals surface area contributed by atoms with Crippen molar-refractivity contribution in [2.75, 3.05) is 47.3 Å². The molecule has 1 aliphatic heterocycles. The highest BCUT2D eigenvalue weighted by Crippen LogP contribution is 2.41. The van der Waals surface area contributed by atoms with Crippen LogP contribution in [0.25, 0.3) is 0 Å². The summed E-state index contributed by atoms with van der Waals surface area (Å²) in [6.45, 7) is 7.91. The summed E-state index contributed by atoms with van der Waals surface area (Å²) in [4.78, 5) is 0. The summed E-state index contributed by atoms with van der Waals surface area (Å²) in [5.41, 5.74) is 0. The van der Waals surface area contributed by atoms with Gasteiger partial charge in [-0.2, -0.15) is 0 Å². The van der Waals surface area contributed by atoms with Gasteiger partial charge in [-0.25, -0.2) is 0 Å². The smallest absolute Gasteiger partial charge is 0.377 e. The summed E-state index contributed by atoms with van der Waals surface area (Å²) < 4.78 is 39.9. The van der Waals surface area contributed by atoms with Crippen LogP contribution in [0.15, 0.2) is 60.7 Å². The summed E-state index contributed by atoms with van der Waals surface area (Å²) >= 11 is 0. The Kier molecular flexibility index (Phi) is 15.1. The predicted octanol–water partition coefficient (Wildman–Crippen LogP) is 5.99. The molecule has 0 radical (unpaired) electrons. The fourth-order valence-electron chi connectivity index (χ4n) is 5.56. The van der Waals surface area contributed by atoms with Crippen LogP contribution in [0.4, 0.5) is 0 Å². The molecule has 2 aromatic carbocycles. The minimum Gasteiger partial charge on any atom is -0.377 e. The third-order valence-corrected chi connectivity index (χ3v) is 16.5. The van der Waals surface area contributed by atoms with E-state index in [1.54, 1.807) is 21.3 Å². The average molecular weight is 623 g/mol. The van der Waals surface area contributed by atoms with E-state index in [0.717, 1.165) is 30.6 Å². The Hall–Kier alpha value is -0.976. The standard InChI is InChI=1S/C20H29O3PSi.C11H22O4Si/c1-4-21-25(22-5-2,23-6-3)18-17-24(19-13-9-7-10-14-19)20-15-11-8-12-16-20;1-12-16(13-2,14-3)7-6-9-4-5-10-11(8-9)15-10/h7-16H,4-6,17-18H2,1-3H3;9-11H,4-8H2,1-3H3. The molecule has 230 valence electrons. The molecular formula is C31H51O7PSi2. The Balaban J connectivity index is 0.000000248. The van der Waals surface area contributed by atoms with Crippen molar-refractivity contribution in [3.8, 4) is 0 Å². The number of rotatable bonds is 17. The van der Waals surface area contributed by atoms with E-state index < -0.39 is 25.5 Å². The third kappa shape index (κ3) is 10.6. The molecular weight excluding hydrogens is 571 g/mol. The van der Waals surface area contributed by atoms with E-state index in [0.29, 0.717) is 32.0 Å². The molecule has 0 N–H and O–H groups in total. The van der Waals surface area contributed by atoms with Gasteiger partial charge < -0.3 is 31.3 Å². The number of hydrogen-bond acceptors (Lipinski definition) is 7. The van der Waals surface area contributed by atoms with Crippen molar-refractivity contribution < 1.29 is 31.3 Å². The highest BCUT2D eigenvalue weighted by atomic mass is 31.1. The van der Waals surface area contributed by atoms with Crippen LogP contribution in [0.3, 0.4) is 0 Å². The predicted molar refractivity (Wildman–Crippen MR) is 172 cm³/mol. The molecule has 1 heterocycles. The van der Waals surface area contributed by atoms with Gasteiger partial charge in [-0.3, -0.25) is 0 Å². The maximum atomic E-state index is 6.04. The highest BCUT2D eigenvalue weighted by molar-refractivity contribution is 7.73. The van der Waals surface area contributed by atoms with E-state index in [2.05, 4.69) is 60.7 Å². The lowest BCUT2D eigenvalue weighted by atomic mass is 9.88. The summed E-state index contributed by atoms with van der Waals surface area (Å²) in [5, 5.41) is 2.77. The molecule has 0 spiro atoms. The van der Waals surface area contributed by atoms with Gasteiger partial charge in [0.15, 0.2) is 0 Å². The summed E-state index contributed by atoms with van der Waals surface area (Å²) in [7, 11) is -0.369. The van der Waals surface area contributed by atoms with Gasteiger partial charge in [0.25, 0.3) is 0 Å². The molecule has 0 amide bonds. The molecule has 10 heteroatoms. The zero-order chi connectivity index (χ0) is 29.6. The molecule has 1 saturated carbocycles. The van der Waals surface area contributed by atoms with E-state index in [9.17, 15) is 0 Å². The van der Waals surface area contributed by atoms with Crippen molar-refractivity contribution in [3.05, 3.63) is 60.7 Å². The van der Waals surface area contributed by atoms with E-state index in [-0.39, 0.29) is 0 Å². The number of hydrogen-bond donors (Lipinski definition) is 0. The van der Waals surface area contributed by atoms with Crippen LogP contribution in [-0.2, 0) is 31.3 Å². The fourth-order valence-corrected chi connectivity index (χ4v) is 13.3. The van der Waals surface area contributed by atoms with Gasteiger partial charge >= 0.3 is 17.6 Å². The molecule has 4 rings (SSSR count). The van der Waals surface area contributed by atoms with Crippen LogP contribution in [0.5, 0.6) is 0 Å². The molecule has 1 aliphatic carbocycles. The van der Waals surface area contributed by atoms with Crippen LogP contribution in [-0.4, -0.2) is 77.1 Å². The Morgan fingerprint density at radius 3 is 1.63 bits per heavy atom. The Morgan fingerprint density at radius 1 is 0.683 bits per heavy atom. The summed E-state index contributed by atoms with van der Waals surface area (Å²) in [5.74, 6) is 0.760. The molecule has 3 unspecified atom stereocenters. The number of benzene rings is 2. The molecule has 1 saturated heterocycles. The second-order valence-corrected chi connectivity index (χ2v) is 18.4. The van der Waals surface area contributed by atoms with Gasteiger partial charge in [0, 0.05) is 53.2 Å². The first-order valence-electron chi connectivity index (χ1n) is 15.1. The van der Waals surface area contributed by atoms with Crippen LogP contribution >= 0.6 is 7.92 Å². The van der Waals surface area contributed by atoms with Crippen molar-refractivity contribution in [2.24, 2.45) is 5.92 Å². The number of ether oxygens (including phenoxy) is 1. The van der Waals surface area contributed by atoms with Crippen molar-refractivity contribution >= 4 is 36.1 Å². The van der Waals surface area contributed by atoms with Crippen LogP contribution in [0, 0.1) is 5.92 Å².